The molecule has 0 spiro atoms. The summed E-state index contributed by atoms with van der Waals surface area (Å²) in [4.78, 5) is 3.80. The highest BCUT2D eigenvalue weighted by molar-refractivity contribution is 5.97. The number of hydrogen-bond donors (Lipinski definition) is 1. The Hall–Kier alpha value is -3.77. The summed E-state index contributed by atoms with van der Waals surface area (Å²) in [6.07, 6.45) is 0. The molecule has 0 amide bonds. The van der Waals surface area contributed by atoms with Crippen molar-refractivity contribution in [1.29, 1.82) is 0 Å². The largest absolute Gasteiger partial charge is 0.394 e. The van der Waals surface area contributed by atoms with E-state index in [-0.39, 0.29) is 0 Å². The molecule has 3 aromatic carbocycles. The molecule has 0 radical (unpaired) electrons. The zero-order valence-corrected chi connectivity index (χ0v) is 14.8. The van der Waals surface area contributed by atoms with E-state index < -0.39 is 0 Å². The van der Waals surface area contributed by atoms with Crippen molar-refractivity contribution in [3.05, 3.63) is 108 Å². The number of nitrogens with zero attached hydrogens (tertiary/aromatic N) is 2. The lowest BCUT2D eigenvalue weighted by Crippen LogP contribution is -2.06. The number of anilines is 1. The maximum atomic E-state index is 7.76. The molecular formula is C24H19N3. The van der Waals surface area contributed by atoms with Crippen LogP contribution in [0, 0.1) is 6.57 Å². The average molecular weight is 349 g/mol. The Kier molecular flexibility index (Phi) is 4.47. The van der Waals surface area contributed by atoms with Gasteiger partial charge in [0.1, 0.15) is 5.82 Å². The molecular weight excluding hydrogens is 330 g/mol. The lowest BCUT2D eigenvalue weighted by molar-refractivity contribution is 0.827. The molecule has 4 rings (SSSR count). The second kappa shape index (κ2) is 7.23. The van der Waals surface area contributed by atoms with Crippen molar-refractivity contribution in [3.63, 3.8) is 0 Å². The quantitative estimate of drug-likeness (QED) is 0.450. The van der Waals surface area contributed by atoms with Gasteiger partial charge in [0.05, 0.1) is 6.57 Å². The lowest BCUT2D eigenvalue weighted by Gasteiger charge is -2.14. The summed E-state index contributed by atoms with van der Waals surface area (Å²) >= 11 is 0. The van der Waals surface area contributed by atoms with Crippen LogP contribution in [0.2, 0.25) is 0 Å². The summed E-state index contributed by atoms with van der Waals surface area (Å²) in [5.74, 6) is 0.506. The third kappa shape index (κ3) is 3.09. The van der Waals surface area contributed by atoms with E-state index in [0.29, 0.717) is 18.1 Å². The highest BCUT2D eigenvalue weighted by atomic mass is 15.1. The fourth-order valence-corrected chi connectivity index (χ4v) is 3.44. The van der Waals surface area contributed by atoms with E-state index in [9.17, 15) is 0 Å². The van der Waals surface area contributed by atoms with Gasteiger partial charge in [0.2, 0.25) is 5.69 Å². The van der Waals surface area contributed by atoms with Gasteiger partial charge >= 0.3 is 0 Å². The molecule has 27 heavy (non-hydrogen) atoms. The van der Waals surface area contributed by atoms with Gasteiger partial charge in [-0.25, -0.2) is 4.85 Å². The highest BCUT2D eigenvalue weighted by Gasteiger charge is 2.23. The molecule has 0 aliphatic carbocycles. The van der Waals surface area contributed by atoms with E-state index in [4.69, 9.17) is 12.3 Å². The molecule has 0 saturated carbocycles. The van der Waals surface area contributed by atoms with E-state index in [1.165, 1.54) is 0 Å². The molecule has 3 nitrogen and oxygen atoms in total. The second-order valence-electron chi connectivity index (χ2n) is 6.37. The molecule has 1 heterocycles. The first kappa shape index (κ1) is 16.7. The standard InChI is InChI=1S/C24H19N3/c1-26-22-21(19-13-7-3-8-14-19)23(20-15-9-4-10-16-20)27(24(22)25)17-18-11-5-2-6-12-18/h2-16H,17,25H2. The Morgan fingerprint density at radius 3 is 1.81 bits per heavy atom. The molecule has 3 heteroatoms. The van der Waals surface area contributed by atoms with Crippen molar-refractivity contribution in [3.8, 4) is 22.4 Å². The predicted octanol–water partition coefficient (Wildman–Crippen LogP) is 6.00. The average Bonchev–Trinajstić information content (AvgIpc) is 3.01. The van der Waals surface area contributed by atoms with Crippen molar-refractivity contribution in [2.75, 3.05) is 5.73 Å². The Balaban J connectivity index is 2.01. The molecule has 130 valence electrons. The Morgan fingerprint density at radius 2 is 1.26 bits per heavy atom. The van der Waals surface area contributed by atoms with Crippen LogP contribution in [0.1, 0.15) is 5.56 Å². The summed E-state index contributed by atoms with van der Waals surface area (Å²) in [5, 5.41) is 0. The Bertz CT molecular complexity index is 1090. The molecule has 0 bridgehead atoms. The van der Waals surface area contributed by atoms with Crippen LogP contribution in [0.25, 0.3) is 27.2 Å². The second-order valence-corrected chi connectivity index (χ2v) is 6.37. The van der Waals surface area contributed by atoms with Gasteiger partial charge in [-0.05, 0) is 16.7 Å². The summed E-state index contributed by atoms with van der Waals surface area (Å²) in [5.41, 5.74) is 12.1. The number of benzene rings is 3. The van der Waals surface area contributed by atoms with E-state index >= 15 is 0 Å². The van der Waals surface area contributed by atoms with Gasteiger partial charge in [0, 0.05) is 17.8 Å². The number of aromatic nitrogens is 1. The van der Waals surface area contributed by atoms with Crippen molar-refractivity contribution >= 4 is 11.5 Å². The van der Waals surface area contributed by atoms with E-state index in [1.807, 2.05) is 66.7 Å². The van der Waals surface area contributed by atoms with Crippen LogP contribution >= 0.6 is 0 Å². The molecule has 0 unspecified atom stereocenters. The maximum Gasteiger partial charge on any atom is 0.235 e. The normalized spacial score (nSPS) is 10.5. The van der Waals surface area contributed by atoms with Crippen molar-refractivity contribution in [2.45, 2.75) is 6.54 Å². The summed E-state index contributed by atoms with van der Waals surface area (Å²) in [6.45, 7) is 8.38. The molecule has 1 aromatic heterocycles. The van der Waals surface area contributed by atoms with Crippen LogP contribution in [0.5, 0.6) is 0 Å². The fraction of sp³-hybridized carbons (Fsp3) is 0.0417. The summed E-state index contributed by atoms with van der Waals surface area (Å²) < 4.78 is 2.06. The zero-order valence-electron chi connectivity index (χ0n) is 14.8. The van der Waals surface area contributed by atoms with Gasteiger partial charge in [-0.2, -0.15) is 0 Å². The van der Waals surface area contributed by atoms with Gasteiger partial charge in [-0.15, -0.1) is 0 Å². The zero-order chi connectivity index (χ0) is 18.6. The third-order valence-electron chi connectivity index (χ3n) is 4.68. The van der Waals surface area contributed by atoms with Gasteiger partial charge < -0.3 is 10.3 Å². The SMILES string of the molecule is [C-]#[N+]c1c(-c2ccccc2)c(-c2ccccc2)n(Cc2ccccc2)c1N. The number of nitrogen functional groups attached to an aromatic ring is 1. The van der Waals surface area contributed by atoms with Gasteiger partial charge in [0.25, 0.3) is 0 Å². The number of hydrogen-bond acceptors (Lipinski definition) is 1. The van der Waals surface area contributed by atoms with Gasteiger partial charge in [0.15, 0.2) is 0 Å². The third-order valence-corrected chi connectivity index (χ3v) is 4.68. The van der Waals surface area contributed by atoms with Crippen LogP contribution in [0.15, 0.2) is 91.0 Å². The smallest absolute Gasteiger partial charge is 0.235 e. The highest BCUT2D eigenvalue weighted by Crippen LogP contribution is 2.46. The Morgan fingerprint density at radius 1 is 0.741 bits per heavy atom. The number of rotatable bonds is 4. The van der Waals surface area contributed by atoms with Crippen LogP contribution in [0.3, 0.4) is 0 Å². The van der Waals surface area contributed by atoms with Gasteiger partial charge in [-0.3, -0.25) is 0 Å². The molecule has 0 aliphatic rings. The lowest BCUT2D eigenvalue weighted by atomic mass is 10.00. The number of nitrogens with two attached hydrogens (primary N) is 1. The molecule has 0 aliphatic heterocycles. The minimum Gasteiger partial charge on any atom is -0.394 e. The fourth-order valence-electron chi connectivity index (χ4n) is 3.44. The molecule has 0 atom stereocenters. The molecule has 0 fully saturated rings. The van der Waals surface area contributed by atoms with E-state index in [1.54, 1.807) is 0 Å². The first-order chi connectivity index (χ1) is 13.3. The topological polar surface area (TPSA) is 35.3 Å². The van der Waals surface area contributed by atoms with Crippen LogP contribution in [0.4, 0.5) is 11.5 Å². The first-order valence-corrected chi connectivity index (χ1v) is 8.83. The van der Waals surface area contributed by atoms with Crippen LogP contribution in [-0.4, -0.2) is 4.57 Å². The minimum absolute atomic E-state index is 0.506. The molecule has 4 aromatic rings. The van der Waals surface area contributed by atoms with E-state index in [2.05, 4.69) is 33.7 Å². The van der Waals surface area contributed by atoms with Crippen molar-refractivity contribution in [1.82, 2.24) is 4.57 Å². The van der Waals surface area contributed by atoms with Crippen LogP contribution in [-0.2, 0) is 6.54 Å². The summed E-state index contributed by atoms with van der Waals surface area (Å²) in [6, 6.07) is 30.4. The molecule has 0 saturated heterocycles. The minimum atomic E-state index is 0.506. The predicted molar refractivity (Wildman–Crippen MR) is 112 cm³/mol. The Labute approximate surface area is 159 Å². The first-order valence-electron chi connectivity index (χ1n) is 8.83. The van der Waals surface area contributed by atoms with E-state index in [0.717, 1.165) is 27.9 Å². The maximum absolute atomic E-state index is 7.76. The summed E-state index contributed by atoms with van der Waals surface area (Å²) in [7, 11) is 0. The van der Waals surface area contributed by atoms with Crippen LogP contribution < -0.4 is 5.73 Å². The van der Waals surface area contributed by atoms with Crippen molar-refractivity contribution < 1.29 is 0 Å². The van der Waals surface area contributed by atoms with Crippen molar-refractivity contribution in [2.24, 2.45) is 0 Å². The monoisotopic (exact) mass is 349 g/mol. The van der Waals surface area contributed by atoms with Gasteiger partial charge in [-0.1, -0.05) is 91.0 Å². The molecule has 2 N–H and O–H groups in total.